The van der Waals surface area contributed by atoms with Gasteiger partial charge in [-0.2, -0.15) is 0 Å². The Hall–Kier alpha value is -1.36. The summed E-state index contributed by atoms with van der Waals surface area (Å²) >= 11 is 0. The van der Waals surface area contributed by atoms with Crippen molar-refractivity contribution in [1.82, 2.24) is 9.97 Å². The average molecular weight is 252 g/mol. The highest BCUT2D eigenvalue weighted by molar-refractivity contribution is 5.55. The summed E-state index contributed by atoms with van der Waals surface area (Å²) < 4.78 is 0. The molecular weight excluding hydrogens is 228 g/mol. The maximum atomic E-state index is 9.36. The second kappa shape index (κ2) is 6.00. The van der Waals surface area contributed by atoms with Gasteiger partial charge in [-0.1, -0.05) is 27.7 Å². The molecule has 0 amide bonds. The number of aliphatic hydroxyl groups is 1. The van der Waals surface area contributed by atoms with E-state index >= 15 is 0 Å². The van der Waals surface area contributed by atoms with Crippen LogP contribution in [0.1, 0.15) is 45.0 Å². The number of nitrogen functional groups attached to an aromatic ring is 1. The Morgan fingerprint density at radius 2 is 1.83 bits per heavy atom. The lowest BCUT2D eigenvalue weighted by Gasteiger charge is -2.22. The standard InChI is InChI=1S/C13H24N4O/c1-7(2)10(6-18)15-13-9(5)11(14)16-12(17-13)8(3)4/h7-8,10,18H,6H2,1-5H3,(H3,14,15,16,17)/t10-/m1/s1. The molecule has 0 saturated carbocycles. The number of nitrogens with zero attached hydrogens (tertiary/aromatic N) is 2. The molecule has 0 unspecified atom stereocenters. The predicted octanol–water partition coefficient (Wildman–Crippen LogP) is 1.92. The lowest BCUT2D eigenvalue weighted by molar-refractivity contribution is 0.249. The van der Waals surface area contributed by atoms with Gasteiger partial charge in [-0.25, -0.2) is 9.97 Å². The molecule has 5 nitrogen and oxygen atoms in total. The van der Waals surface area contributed by atoms with Crippen molar-refractivity contribution in [3.05, 3.63) is 11.4 Å². The first kappa shape index (κ1) is 14.7. The van der Waals surface area contributed by atoms with Crippen LogP contribution < -0.4 is 11.1 Å². The Morgan fingerprint density at radius 1 is 1.22 bits per heavy atom. The molecule has 0 aliphatic carbocycles. The van der Waals surface area contributed by atoms with Gasteiger partial charge in [0, 0.05) is 11.5 Å². The number of rotatable bonds is 5. The normalized spacial score (nSPS) is 13.1. The van der Waals surface area contributed by atoms with Gasteiger partial charge in [-0.3, -0.25) is 0 Å². The van der Waals surface area contributed by atoms with Crippen molar-refractivity contribution in [1.29, 1.82) is 0 Å². The summed E-state index contributed by atoms with van der Waals surface area (Å²) in [6, 6.07) is -0.0296. The first-order valence-corrected chi connectivity index (χ1v) is 6.38. The largest absolute Gasteiger partial charge is 0.394 e. The molecule has 0 fully saturated rings. The second-order valence-electron chi connectivity index (χ2n) is 5.27. The molecule has 1 aromatic rings. The molecule has 1 rings (SSSR count). The number of nitrogens with two attached hydrogens (primary N) is 1. The molecule has 1 aromatic heterocycles. The second-order valence-corrected chi connectivity index (χ2v) is 5.27. The van der Waals surface area contributed by atoms with Crippen molar-refractivity contribution in [2.45, 2.75) is 46.6 Å². The minimum absolute atomic E-state index is 0.0296. The molecule has 0 saturated heterocycles. The van der Waals surface area contributed by atoms with Crippen LogP contribution in [0.3, 0.4) is 0 Å². The van der Waals surface area contributed by atoms with Gasteiger partial charge in [0.2, 0.25) is 0 Å². The fourth-order valence-corrected chi connectivity index (χ4v) is 1.55. The molecule has 0 radical (unpaired) electrons. The van der Waals surface area contributed by atoms with E-state index in [0.29, 0.717) is 11.7 Å². The van der Waals surface area contributed by atoms with Gasteiger partial charge in [0.15, 0.2) is 0 Å². The predicted molar refractivity (Wildman–Crippen MR) is 74.6 cm³/mol. The molecule has 18 heavy (non-hydrogen) atoms. The van der Waals surface area contributed by atoms with E-state index in [4.69, 9.17) is 5.73 Å². The summed E-state index contributed by atoms with van der Waals surface area (Å²) in [5.41, 5.74) is 6.73. The van der Waals surface area contributed by atoms with Crippen molar-refractivity contribution in [2.75, 3.05) is 17.7 Å². The lowest BCUT2D eigenvalue weighted by atomic mass is 10.1. The van der Waals surface area contributed by atoms with Gasteiger partial charge in [-0.05, 0) is 12.8 Å². The Labute approximate surface area is 109 Å². The molecule has 0 aromatic carbocycles. The zero-order chi connectivity index (χ0) is 13.9. The third kappa shape index (κ3) is 3.32. The molecule has 0 bridgehead atoms. The highest BCUT2D eigenvalue weighted by Crippen LogP contribution is 2.22. The fourth-order valence-electron chi connectivity index (χ4n) is 1.55. The maximum Gasteiger partial charge on any atom is 0.135 e. The molecule has 5 heteroatoms. The van der Waals surface area contributed by atoms with Crippen LogP contribution in [0, 0.1) is 12.8 Å². The van der Waals surface area contributed by atoms with E-state index in [9.17, 15) is 5.11 Å². The van der Waals surface area contributed by atoms with Crippen LogP contribution in [0.4, 0.5) is 11.6 Å². The van der Waals surface area contributed by atoms with Gasteiger partial charge in [-0.15, -0.1) is 0 Å². The van der Waals surface area contributed by atoms with Crippen LogP contribution in [0.25, 0.3) is 0 Å². The molecule has 1 atom stereocenters. The number of anilines is 2. The highest BCUT2D eigenvalue weighted by Gasteiger charge is 2.16. The van der Waals surface area contributed by atoms with Crippen LogP contribution in [-0.4, -0.2) is 27.7 Å². The van der Waals surface area contributed by atoms with Crippen LogP contribution in [0.15, 0.2) is 0 Å². The smallest absolute Gasteiger partial charge is 0.135 e. The molecule has 102 valence electrons. The van der Waals surface area contributed by atoms with E-state index in [1.165, 1.54) is 0 Å². The van der Waals surface area contributed by atoms with Gasteiger partial charge < -0.3 is 16.2 Å². The highest BCUT2D eigenvalue weighted by atomic mass is 16.3. The third-order valence-electron chi connectivity index (χ3n) is 3.04. The lowest BCUT2D eigenvalue weighted by Crippen LogP contribution is -2.30. The van der Waals surface area contributed by atoms with Crippen molar-refractivity contribution in [3.63, 3.8) is 0 Å². The van der Waals surface area contributed by atoms with Crippen LogP contribution in [0.2, 0.25) is 0 Å². The summed E-state index contributed by atoms with van der Waals surface area (Å²) in [5.74, 6) is 2.48. The number of aliphatic hydroxyl groups excluding tert-OH is 1. The molecule has 0 aliphatic heterocycles. The Balaban J connectivity index is 3.07. The van der Waals surface area contributed by atoms with Crippen LogP contribution >= 0.6 is 0 Å². The van der Waals surface area contributed by atoms with E-state index in [1.54, 1.807) is 0 Å². The van der Waals surface area contributed by atoms with Gasteiger partial charge in [0.1, 0.15) is 17.5 Å². The Morgan fingerprint density at radius 3 is 2.28 bits per heavy atom. The summed E-state index contributed by atoms with van der Waals surface area (Å²) in [6.45, 7) is 10.1. The number of hydrogen-bond donors (Lipinski definition) is 3. The topological polar surface area (TPSA) is 84.1 Å². The number of aromatic nitrogens is 2. The Kier molecular flexibility index (Phi) is 4.90. The average Bonchev–Trinajstić information content (AvgIpc) is 2.30. The number of nitrogens with one attached hydrogen (secondary N) is 1. The molecule has 0 spiro atoms. The van der Waals surface area contributed by atoms with Crippen molar-refractivity contribution in [3.8, 4) is 0 Å². The minimum Gasteiger partial charge on any atom is -0.394 e. The van der Waals surface area contributed by atoms with Crippen molar-refractivity contribution in [2.24, 2.45) is 5.92 Å². The first-order chi connectivity index (χ1) is 8.36. The minimum atomic E-state index is -0.0296. The molecular formula is C13H24N4O. The van der Waals surface area contributed by atoms with Crippen molar-refractivity contribution < 1.29 is 5.11 Å². The van der Waals surface area contributed by atoms with E-state index < -0.39 is 0 Å². The van der Waals surface area contributed by atoms with Crippen LogP contribution in [0.5, 0.6) is 0 Å². The quantitative estimate of drug-likeness (QED) is 0.745. The first-order valence-electron chi connectivity index (χ1n) is 6.38. The van der Waals surface area contributed by atoms with Crippen LogP contribution in [-0.2, 0) is 0 Å². The van der Waals surface area contributed by atoms with E-state index in [2.05, 4.69) is 29.1 Å². The van der Waals surface area contributed by atoms with Crippen molar-refractivity contribution >= 4 is 11.6 Å². The molecule has 4 N–H and O–H groups in total. The summed E-state index contributed by atoms with van der Waals surface area (Å²) in [5, 5.41) is 12.6. The van der Waals surface area contributed by atoms with Gasteiger partial charge >= 0.3 is 0 Å². The third-order valence-corrected chi connectivity index (χ3v) is 3.04. The Bertz CT molecular complexity index is 404. The van der Waals surface area contributed by atoms with E-state index in [0.717, 1.165) is 17.2 Å². The molecule has 1 heterocycles. The zero-order valence-corrected chi connectivity index (χ0v) is 11.9. The van der Waals surface area contributed by atoms with Gasteiger partial charge in [0.05, 0.1) is 12.6 Å². The summed E-state index contributed by atoms with van der Waals surface area (Å²) in [6.07, 6.45) is 0. The maximum absolute atomic E-state index is 9.36. The fraction of sp³-hybridized carbons (Fsp3) is 0.692. The number of hydrogen-bond acceptors (Lipinski definition) is 5. The van der Waals surface area contributed by atoms with Gasteiger partial charge in [0.25, 0.3) is 0 Å². The SMILES string of the molecule is Cc1c(N)nc(C(C)C)nc1N[C@H](CO)C(C)C. The summed E-state index contributed by atoms with van der Waals surface area (Å²) in [7, 11) is 0. The zero-order valence-electron chi connectivity index (χ0n) is 11.9. The monoisotopic (exact) mass is 252 g/mol. The van der Waals surface area contributed by atoms with E-state index in [-0.39, 0.29) is 18.6 Å². The van der Waals surface area contributed by atoms with E-state index in [1.807, 2.05) is 20.8 Å². The molecule has 0 aliphatic rings. The summed E-state index contributed by atoms with van der Waals surface area (Å²) in [4.78, 5) is 8.76.